The maximum atomic E-state index is 5.03. The monoisotopic (exact) mass is 472 g/mol. The first-order valence-electron chi connectivity index (χ1n) is 13.0. The van der Waals surface area contributed by atoms with Gasteiger partial charge in [0.05, 0.1) is 0 Å². The van der Waals surface area contributed by atoms with Crippen LogP contribution >= 0.6 is 0 Å². The van der Waals surface area contributed by atoms with Crippen molar-refractivity contribution < 1.29 is 0 Å². The van der Waals surface area contributed by atoms with E-state index in [4.69, 9.17) is 9.97 Å². The van der Waals surface area contributed by atoms with Crippen molar-refractivity contribution in [1.29, 1.82) is 0 Å². The normalized spacial score (nSPS) is 17.7. The Morgan fingerprint density at radius 3 is 2.40 bits per heavy atom. The molecule has 0 amide bonds. The van der Waals surface area contributed by atoms with Crippen LogP contribution in [-0.2, 0) is 0 Å². The predicted octanol–water partition coefficient (Wildman–Crippen LogP) is 5.72. The third-order valence-electron chi connectivity index (χ3n) is 6.84. The van der Waals surface area contributed by atoms with Gasteiger partial charge in [0.2, 0.25) is 5.95 Å². The van der Waals surface area contributed by atoms with Crippen molar-refractivity contribution in [3.05, 3.63) is 72.4 Å². The lowest BCUT2D eigenvalue weighted by molar-refractivity contribution is 0.260. The van der Waals surface area contributed by atoms with E-state index in [0.717, 1.165) is 75.5 Å². The molecule has 2 aliphatic heterocycles. The van der Waals surface area contributed by atoms with Gasteiger partial charge in [0.25, 0.3) is 0 Å². The summed E-state index contributed by atoms with van der Waals surface area (Å²) in [5, 5.41) is 3.52. The van der Waals surface area contributed by atoms with E-state index in [2.05, 4.69) is 82.1 Å². The number of aromatic nitrogens is 2. The molecular formula is C29H40N6. The first-order chi connectivity index (χ1) is 17.1. The molecule has 2 saturated heterocycles. The molecule has 3 heterocycles. The topological polar surface area (TPSA) is 47.5 Å². The summed E-state index contributed by atoms with van der Waals surface area (Å²) in [5.74, 6) is 2.74. The highest BCUT2D eigenvalue weighted by Crippen LogP contribution is 2.26. The molecule has 0 radical (unpaired) electrons. The highest BCUT2D eigenvalue weighted by atomic mass is 15.3. The zero-order valence-corrected chi connectivity index (χ0v) is 21.4. The SMILES string of the molecule is C=C/C(=C\C=C/C)CCN1CCN(c2nc(Nc3ccc(C)cc3)cc(N3CCCCC3)n2)CC1. The van der Waals surface area contributed by atoms with Crippen molar-refractivity contribution in [2.45, 2.75) is 39.5 Å². The lowest BCUT2D eigenvalue weighted by atomic mass is 10.1. The molecule has 0 aliphatic carbocycles. The zero-order valence-electron chi connectivity index (χ0n) is 21.4. The molecule has 186 valence electrons. The maximum Gasteiger partial charge on any atom is 0.229 e. The fourth-order valence-electron chi connectivity index (χ4n) is 4.63. The summed E-state index contributed by atoms with van der Waals surface area (Å²) in [6, 6.07) is 10.6. The predicted molar refractivity (Wildman–Crippen MR) is 149 cm³/mol. The standard InChI is InChI=1S/C29H40N6/c1-4-6-10-25(5-2)15-18-33-19-21-35(22-20-33)29-31-27(30-26-13-11-24(3)12-14-26)23-28(32-29)34-16-8-7-9-17-34/h4-6,10-14,23H,2,7-9,15-22H2,1,3H3,(H,30,31,32)/b6-4-,25-10+. The van der Waals surface area contributed by atoms with Crippen LogP contribution in [-0.4, -0.2) is 60.7 Å². The molecule has 2 aliphatic rings. The molecule has 2 aromatic rings. The number of anilines is 4. The van der Waals surface area contributed by atoms with Gasteiger partial charge >= 0.3 is 0 Å². The minimum Gasteiger partial charge on any atom is -0.356 e. The molecule has 1 aromatic heterocycles. The lowest BCUT2D eigenvalue weighted by Crippen LogP contribution is -2.47. The second kappa shape index (κ2) is 12.5. The van der Waals surface area contributed by atoms with E-state index < -0.39 is 0 Å². The molecule has 0 saturated carbocycles. The van der Waals surface area contributed by atoms with Crippen molar-refractivity contribution in [2.75, 3.05) is 60.9 Å². The molecule has 2 fully saturated rings. The number of allylic oxidation sites excluding steroid dienone is 4. The summed E-state index contributed by atoms with van der Waals surface area (Å²) in [7, 11) is 0. The van der Waals surface area contributed by atoms with Gasteiger partial charge in [-0.05, 0) is 57.2 Å². The molecule has 6 heteroatoms. The largest absolute Gasteiger partial charge is 0.356 e. The molecule has 35 heavy (non-hydrogen) atoms. The molecule has 6 nitrogen and oxygen atoms in total. The van der Waals surface area contributed by atoms with Crippen LogP contribution in [0.4, 0.5) is 23.3 Å². The van der Waals surface area contributed by atoms with Gasteiger partial charge in [-0.15, -0.1) is 0 Å². The van der Waals surface area contributed by atoms with Crippen LogP contribution in [0.1, 0.15) is 38.2 Å². The van der Waals surface area contributed by atoms with Gasteiger partial charge in [-0.1, -0.05) is 48.6 Å². The van der Waals surface area contributed by atoms with Crippen LogP contribution < -0.4 is 15.1 Å². The lowest BCUT2D eigenvalue weighted by Gasteiger charge is -2.35. The number of piperidine rings is 1. The van der Waals surface area contributed by atoms with Gasteiger partial charge < -0.3 is 15.1 Å². The highest BCUT2D eigenvalue weighted by Gasteiger charge is 2.22. The number of aryl methyl sites for hydroxylation is 1. The molecule has 0 spiro atoms. The number of hydrogen-bond donors (Lipinski definition) is 1. The van der Waals surface area contributed by atoms with Gasteiger partial charge in [0, 0.05) is 57.6 Å². The van der Waals surface area contributed by atoms with Gasteiger partial charge in [-0.25, -0.2) is 0 Å². The Morgan fingerprint density at radius 1 is 0.971 bits per heavy atom. The maximum absolute atomic E-state index is 5.03. The molecule has 4 rings (SSSR count). The van der Waals surface area contributed by atoms with E-state index in [1.54, 1.807) is 0 Å². The highest BCUT2D eigenvalue weighted by molar-refractivity contribution is 5.62. The van der Waals surface area contributed by atoms with E-state index in [1.165, 1.54) is 30.4 Å². The zero-order chi connectivity index (χ0) is 24.5. The van der Waals surface area contributed by atoms with E-state index >= 15 is 0 Å². The van der Waals surface area contributed by atoms with E-state index in [-0.39, 0.29) is 0 Å². The van der Waals surface area contributed by atoms with Crippen molar-refractivity contribution in [1.82, 2.24) is 14.9 Å². The second-order valence-electron chi connectivity index (χ2n) is 9.50. The minimum atomic E-state index is 0.835. The van der Waals surface area contributed by atoms with Gasteiger partial charge in [-0.2, -0.15) is 9.97 Å². The quantitative estimate of drug-likeness (QED) is 0.471. The Labute approximate surface area is 211 Å². The Hall–Kier alpha value is -3.12. The Bertz CT molecular complexity index is 1010. The van der Waals surface area contributed by atoms with Crippen LogP contribution in [0.25, 0.3) is 0 Å². The summed E-state index contributed by atoms with van der Waals surface area (Å²) in [6.45, 7) is 15.2. The number of benzene rings is 1. The van der Waals surface area contributed by atoms with Crippen LogP contribution in [0.2, 0.25) is 0 Å². The van der Waals surface area contributed by atoms with Crippen LogP contribution in [0.5, 0.6) is 0 Å². The first kappa shape index (κ1) is 25.0. The summed E-state index contributed by atoms with van der Waals surface area (Å²) in [6.07, 6.45) is 13.1. The third-order valence-corrected chi connectivity index (χ3v) is 6.84. The van der Waals surface area contributed by atoms with Crippen molar-refractivity contribution in [2.24, 2.45) is 0 Å². The summed E-state index contributed by atoms with van der Waals surface area (Å²) < 4.78 is 0. The minimum absolute atomic E-state index is 0.835. The number of piperazine rings is 1. The van der Waals surface area contributed by atoms with Gasteiger partial charge in [0.1, 0.15) is 11.6 Å². The van der Waals surface area contributed by atoms with Crippen molar-refractivity contribution in [3.8, 4) is 0 Å². The van der Waals surface area contributed by atoms with E-state index in [9.17, 15) is 0 Å². The fraction of sp³-hybridized carbons (Fsp3) is 0.448. The van der Waals surface area contributed by atoms with E-state index in [1.807, 2.05) is 13.0 Å². The van der Waals surface area contributed by atoms with Crippen LogP contribution in [0.3, 0.4) is 0 Å². The number of nitrogens with one attached hydrogen (secondary N) is 1. The fourth-order valence-corrected chi connectivity index (χ4v) is 4.63. The summed E-state index contributed by atoms with van der Waals surface area (Å²) >= 11 is 0. The number of hydrogen-bond acceptors (Lipinski definition) is 6. The molecular weight excluding hydrogens is 432 g/mol. The average Bonchev–Trinajstić information content (AvgIpc) is 2.91. The second-order valence-corrected chi connectivity index (χ2v) is 9.50. The van der Waals surface area contributed by atoms with Gasteiger partial charge in [-0.3, -0.25) is 4.90 Å². The number of nitrogens with zero attached hydrogens (tertiary/aromatic N) is 5. The molecule has 1 aromatic carbocycles. The van der Waals surface area contributed by atoms with Gasteiger partial charge in [0.15, 0.2) is 0 Å². The number of rotatable bonds is 9. The van der Waals surface area contributed by atoms with Crippen molar-refractivity contribution in [3.63, 3.8) is 0 Å². The first-order valence-corrected chi connectivity index (χ1v) is 13.0. The Morgan fingerprint density at radius 2 is 1.71 bits per heavy atom. The Kier molecular flexibility index (Phi) is 8.96. The van der Waals surface area contributed by atoms with Crippen molar-refractivity contribution >= 4 is 23.3 Å². The third kappa shape index (κ3) is 7.18. The molecule has 0 bridgehead atoms. The molecule has 0 atom stereocenters. The smallest absolute Gasteiger partial charge is 0.229 e. The summed E-state index contributed by atoms with van der Waals surface area (Å²) in [5.41, 5.74) is 3.59. The Balaban J connectivity index is 1.45. The summed E-state index contributed by atoms with van der Waals surface area (Å²) in [4.78, 5) is 17.3. The van der Waals surface area contributed by atoms with Crippen LogP contribution in [0.15, 0.2) is 66.8 Å². The van der Waals surface area contributed by atoms with Crippen LogP contribution in [0, 0.1) is 6.92 Å². The van der Waals surface area contributed by atoms with E-state index in [0.29, 0.717) is 0 Å². The average molecular weight is 473 g/mol. The molecule has 0 unspecified atom stereocenters. The molecule has 1 N–H and O–H groups in total.